The Hall–Kier alpha value is -3.74. The lowest BCUT2D eigenvalue weighted by atomic mass is 10.1. The van der Waals surface area contributed by atoms with E-state index in [4.69, 9.17) is 0 Å². The van der Waals surface area contributed by atoms with Crippen molar-refractivity contribution < 1.29 is 4.79 Å². The van der Waals surface area contributed by atoms with Crippen LogP contribution in [0.1, 0.15) is 47.5 Å². The lowest BCUT2D eigenvalue weighted by Gasteiger charge is -2.17. The van der Waals surface area contributed by atoms with E-state index in [2.05, 4.69) is 15.5 Å². The summed E-state index contributed by atoms with van der Waals surface area (Å²) in [5.41, 5.74) is 5.65. The molecule has 33 heavy (non-hydrogen) atoms. The highest BCUT2D eigenvalue weighted by molar-refractivity contribution is 5.84. The van der Waals surface area contributed by atoms with Crippen molar-refractivity contribution in [2.75, 3.05) is 0 Å². The molecule has 0 aliphatic carbocycles. The number of amides is 1. The van der Waals surface area contributed by atoms with Crippen molar-refractivity contribution in [3.05, 3.63) is 87.0 Å². The van der Waals surface area contributed by atoms with Gasteiger partial charge in [0, 0.05) is 6.54 Å². The molecular formula is C26H29N5O2. The molecule has 170 valence electrons. The minimum atomic E-state index is -0.713. The van der Waals surface area contributed by atoms with E-state index < -0.39 is 6.04 Å². The highest BCUT2D eigenvalue weighted by Gasteiger charge is 2.25. The smallest absolute Gasteiger partial charge is 0.295 e. The third-order valence-electron chi connectivity index (χ3n) is 5.96. The Kier molecular flexibility index (Phi) is 6.14. The molecule has 1 atom stereocenters. The average Bonchev–Trinajstić information content (AvgIpc) is 3.14. The molecule has 0 fully saturated rings. The molecular weight excluding hydrogens is 414 g/mol. The van der Waals surface area contributed by atoms with Crippen LogP contribution < -0.4 is 10.9 Å². The lowest BCUT2D eigenvalue weighted by Crippen LogP contribution is -2.38. The number of aryl methyl sites for hydroxylation is 4. The topological polar surface area (TPSA) is 81.8 Å². The number of benzene rings is 2. The summed E-state index contributed by atoms with van der Waals surface area (Å²) in [6, 6.07) is 15.2. The van der Waals surface area contributed by atoms with Gasteiger partial charge in [0.05, 0.1) is 22.5 Å². The Bertz CT molecular complexity index is 1380. The second kappa shape index (κ2) is 9.02. The highest BCUT2D eigenvalue weighted by atomic mass is 16.2. The van der Waals surface area contributed by atoms with Gasteiger partial charge in [0.1, 0.15) is 6.04 Å². The summed E-state index contributed by atoms with van der Waals surface area (Å²) >= 11 is 0. The molecule has 4 rings (SSSR count). The lowest BCUT2D eigenvalue weighted by molar-refractivity contribution is -0.125. The fourth-order valence-corrected chi connectivity index (χ4v) is 4.20. The second-order valence-corrected chi connectivity index (χ2v) is 8.52. The standard InChI is InChI=1S/C26H29N5O2/c1-6-22(25(32)27-15-20-9-7-8-17(3)14-20)31-26(33)24-23(18(4)28-31)19(5)30(29-24)21-12-10-16(2)11-13-21/h7-14,22H,6,15H2,1-5H3,(H,27,32)/t22-/m0/s1. The first-order chi connectivity index (χ1) is 15.8. The Morgan fingerprint density at radius 3 is 2.39 bits per heavy atom. The van der Waals surface area contributed by atoms with Crippen LogP contribution in [0.25, 0.3) is 16.6 Å². The van der Waals surface area contributed by atoms with Crippen LogP contribution in [0.2, 0.25) is 0 Å². The van der Waals surface area contributed by atoms with E-state index in [0.29, 0.717) is 24.2 Å². The van der Waals surface area contributed by atoms with Gasteiger partial charge in [-0.25, -0.2) is 9.36 Å². The third kappa shape index (κ3) is 4.31. The quantitative estimate of drug-likeness (QED) is 0.487. The third-order valence-corrected chi connectivity index (χ3v) is 5.96. The van der Waals surface area contributed by atoms with Gasteiger partial charge < -0.3 is 5.32 Å². The largest absolute Gasteiger partial charge is 0.350 e. The van der Waals surface area contributed by atoms with Gasteiger partial charge in [0.15, 0.2) is 5.52 Å². The molecule has 0 spiro atoms. The summed E-state index contributed by atoms with van der Waals surface area (Å²) < 4.78 is 3.05. The molecule has 7 heteroatoms. The summed E-state index contributed by atoms with van der Waals surface area (Å²) in [6.07, 6.45) is 0.440. The molecule has 0 saturated heterocycles. The molecule has 0 bridgehead atoms. The van der Waals surface area contributed by atoms with E-state index in [1.807, 2.05) is 83.1 Å². The maximum atomic E-state index is 13.4. The predicted octanol–water partition coefficient (Wildman–Crippen LogP) is 4.08. The van der Waals surface area contributed by atoms with Crippen LogP contribution >= 0.6 is 0 Å². The first-order valence-corrected chi connectivity index (χ1v) is 11.2. The zero-order valence-electron chi connectivity index (χ0n) is 19.7. The molecule has 2 aromatic carbocycles. The molecule has 0 aliphatic rings. The van der Waals surface area contributed by atoms with Crippen molar-refractivity contribution in [2.24, 2.45) is 0 Å². The van der Waals surface area contributed by atoms with E-state index in [1.54, 1.807) is 4.68 Å². The monoisotopic (exact) mass is 443 g/mol. The average molecular weight is 444 g/mol. The number of nitrogens with zero attached hydrogens (tertiary/aromatic N) is 4. The molecule has 2 heterocycles. The zero-order chi connectivity index (χ0) is 23.7. The Morgan fingerprint density at radius 2 is 1.73 bits per heavy atom. The molecule has 0 radical (unpaired) electrons. The molecule has 7 nitrogen and oxygen atoms in total. The predicted molar refractivity (Wildman–Crippen MR) is 130 cm³/mol. The van der Waals surface area contributed by atoms with Crippen molar-refractivity contribution in [2.45, 2.75) is 53.6 Å². The van der Waals surface area contributed by atoms with E-state index in [1.165, 1.54) is 4.68 Å². The SMILES string of the molecule is CC[C@@H](C(=O)NCc1cccc(C)c1)n1nc(C)c2c(C)n(-c3ccc(C)cc3)nc2c1=O. The van der Waals surface area contributed by atoms with Gasteiger partial charge in [-0.1, -0.05) is 54.4 Å². The van der Waals surface area contributed by atoms with Crippen LogP contribution in [-0.2, 0) is 11.3 Å². The van der Waals surface area contributed by atoms with E-state index in [-0.39, 0.29) is 11.5 Å². The minimum absolute atomic E-state index is 0.234. The number of nitrogens with one attached hydrogen (secondary N) is 1. The fraction of sp³-hybridized carbons (Fsp3) is 0.308. The van der Waals surface area contributed by atoms with E-state index in [0.717, 1.165) is 33.5 Å². The van der Waals surface area contributed by atoms with Crippen LogP contribution in [0.4, 0.5) is 0 Å². The maximum Gasteiger partial charge on any atom is 0.295 e. The van der Waals surface area contributed by atoms with Gasteiger partial charge in [-0.15, -0.1) is 0 Å². The highest BCUT2D eigenvalue weighted by Crippen LogP contribution is 2.22. The van der Waals surface area contributed by atoms with Crippen LogP contribution in [0.5, 0.6) is 0 Å². The molecule has 1 amide bonds. The number of rotatable bonds is 6. The Morgan fingerprint density at radius 1 is 1.00 bits per heavy atom. The number of carbonyl (C=O) groups excluding carboxylic acids is 1. The second-order valence-electron chi connectivity index (χ2n) is 8.52. The van der Waals surface area contributed by atoms with Gasteiger partial charge in [0.2, 0.25) is 5.91 Å². The number of hydrogen-bond donors (Lipinski definition) is 1. The van der Waals surface area contributed by atoms with Gasteiger partial charge in [-0.3, -0.25) is 9.59 Å². The Labute approximate surface area is 193 Å². The first kappa shape index (κ1) is 22.5. The molecule has 1 N–H and O–H groups in total. The summed E-state index contributed by atoms with van der Waals surface area (Å²) in [5, 5.41) is 12.8. The van der Waals surface area contributed by atoms with Crippen LogP contribution in [0.15, 0.2) is 53.3 Å². The first-order valence-electron chi connectivity index (χ1n) is 11.2. The molecule has 2 aromatic heterocycles. The molecule has 4 aromatic rings. The van der Waals surface area contributed by atoms with Gasteiger partial charge in [0.25, 0.3) is 5.56 Å². The minimum Gasteiger partial charge on any atom is -0.350 e. The van der Waals surface area contributed by atoms with Crippen LogP contribution in [-0.4, -0.2) is 25.5 Å². The van der Waals surface area contributed by atoms with Crippen LogP contribution in [0, 0.1) is 27.7 Å². The molecule has 0 aliphatic heterocycles. The molecule has 0 unspecified atom stereocenters. The normalized spacial score (nSPS) is 12.2. The van der Waals surface area contributed by atoms with Crippen molar-refractivity contribution in [1.29, 1.82) is 0 Å². The number of aromatic nitrogens is 4. The van der Waals surface area contributed by atoms with Crippen LogP contribution in [0.3, 0.4) is 0 Å². The van der Waals surface area contributed by atoms with E-state index in [9.17, 15) is 9.59 Å². The van der Waals surface area contributed by atoms with Crippen molar-refractivity contribution in [3.8, 4) is 5.69 Å². The summed E-state index contributed by atoms with van der Waals surface area (Å²) in [4.78, 5) is 26.4. The molecule has 0 saturated carbocycles. The summed E-state index contributed by atoms with van der Waals surface area (Å²) in [5.74, 6) is -0.234. The van der Waals surface area contributed by atoms with Gasteiger partial charge in [-0.05, 0) is 51.8 Å². The zero-order valence-corrected chi connectivity index (χ0v) is 19.7. The fourth-order valence-electron chi connectivity index (χ4n) is 4.20. The summed E-state index contributed by atoms with van der Waals surface area (Å²) in [7, 11) is 0. The number of hydrogen-bond acceptors (Lipinski definition) is 4. The van der Waals surface area contributed by atoms with E-state index >= 15 is 0 Å². The van der Waals surface area contributed by atoms with Crippen molar-refractivity contribution in [3.63, 3.8) is 0 Å². The van der Waals surface area contributed by atoms with Crippen molar-refractivity contribution >= 4 is 16.8 Å². The van der Waals surface area contributed by atoms with Gasteiger partial charge in [-0.2, -0.15) is 10.2 Å². The number of fused-ring (bicyclic) bond motifs is 1. The number of carbonyl (C=O) groups is 1. The Balaban J connectivity index is 1.70. The van der Waals surface area contributed by atoms with Gasteiger partial charge >= 0.3 is 0 Å². The van der Waals surface area contributed by atoms with Crippen molar-refractivity contribution in [1.82, 2.24) is 24.9 Å². The maximum absolute atomic E-state index is 13.4. The summed E-state index contributed by atoms with van der Waals surface area (Å²) in [6.45, 7) is 10.1.